The van der Waals surface area contributed by atoms with Crippen LogP contribution in [0, 0.1) is 5.92 Å². The van der Waals surface area contributed by atoms with Crippen molar-refractivity contribution in [2.24, 2.45) is 5.92 Å². The molecule has 0 spiro atoms. The highest BCUT2D eigenvalue weighted by molar-refractivity contribution is 6.62. The van der Waals surface area contributed by atoms with Crippen molar-refractivity contribution in [3.63, 3.8) is 0 Å². The van der Waals surface area contributed by atoms with Gasteiger partial charge in [0.1, 0.15) is 0 Å². The summed E-state index contributed by atoms with van der Waals surface area (Å²) in [4.78, 5) is 12.7. The SMILES string of the molecule is CC(C)CCN(C(=O)Cl)C1CC1. The first kappa shape index (κ1) is 9.85. The van der Waals surface area contributed by atoms with E-state index in [0.29, 0.717) is 12.0 Å². The lowest BCUT2D eigenvalue weighted by Gasteiger charge is -2.19. The zero-order valence-corrected chi connectivity index (χ0v) is 8.47. The third kappa shape index (κ3) is 3.02. The topological polar surface area (TPSA) is 20.3 Å². The van der Waals surface area contributed by atoms with E-state index in [2.05, 4.69) is 13.8 Å². The van der Waals surface area contributed by atoms with E-state index in [-0.39, 0.29) is 5.37 Å². The van der Waals surface area contributed by atoms with Crippen LogP contribution in [0.25, 0.3) is 0 Å². The Labute approximate surface area is 78.9 Å². The van der Waals surface area contributed by atoms with Gasteiger partial charge in [0.05, 0.1) is 0 Å². The van der Waals surface area contributed by atoms with Gasteiger partial charge in [0.25, 0.3) is 0 Å². The molecule has 1 rings (SSSR count). The highest BCUT2D eigenvalue weighted by Gasteiger charge is 2.31. The van der Waals surface area contributed by atoms with E-state index in [9.17, 15) is 4.79 Å². The fraction of sp³-hybridized carbons (Fsp3) is 0.889. The van der Waals surface area contributed by atoms with Gasteiger partial charge in [-0.3, -0.25) is 4.79 Å². The van der Waals surface area contributed by atoms with E-state index in [1.165, 1.54) is 0 Å². The molecule has 0 heterocycles. The van der Waals surface area contributed by atoms with E-state index in [1.54, 1.807) is 4.90 Å². The summed E-state index contributed by atoms with van der Waals surface area (Å²) in [7, 11) is 0. The molecule has 1 aliphatic carbocycles. The maximum absolute atomic E-state index is 10.9. The first-order valence-corrected chi connectivity index (χ1v) is 4.95. The van der Waals surface area contributed by atoms with Gasteiger partial charge in [0.2, 0.25) is 0 Å². The van der Waals surface area contributed by atoms with Crippen molar-refractivity contribution >= 4 is 17.0 Å². The standard InChI is InChI=1S/C9H16ClNO/c1-7(2)5-6-11(9(10)12)8-3-4-8/h7-8H,3-6H2,1-2H3. The molecule has 3 heteroatoms. The predicted octanol–water partition coefficient (Wildman–Crippen LogP) is 2.86. The van der Waals surface area contributed by atoms with Crippen molar-refractivity contribution in [2.75, 3.05) is 6.54 Å². The fourth-order valence-corrected chi connectivity index (χ4v) is 1.42. The summed E-state index contributed by atoms with van der Waals surface area (Å²) < 4.78 is 0. The van der Waals surface area contributed by atoms with Gasteiger partial charge in [-0.25, -0.2) is 0 Å². The quantitative estimate of drug-likeness (QED) is 0.492. The van der Waals surface area contributed by atoms with Crippen molar-refractivity contribution in [1.82, 2.24) is 4.90 Å². The fourth-order valence-electron chi connectivity index (χ4n) is 1.20. The molecule has 0 aromatic carbocycles. The number of hydrogen-bond donors (Lipinski definition) is 0. The smallest absolute Gasteiger partial charge is 0.316 e. The molecule has 12 heavy (non-hydrogen) atoms. The Balaban J connectivity index is 2.28. The highest BCUT2D eigenvalue weighted by atomic mass is 35.5. The van der Waals surface area contributed by atoms with Crippen molar-refractivity contribution in [1.29, 1.82) is 0 Å². The van der Waals surface area contributed by atoms with Crippen LogP contribution in [0.5, 0.6) is 0 Å². The molecule has 0 bridgehead atoms. The van der Waals surface area contributed by atoms with E-state index in [1.807, 2.05) is 0 Å². The minimum absolute atomic E-state index is 0.279. The molecule has 0 radical (unpaired) electrons. The average Bonchev–Trinajstić information content (AvgIpc) is 2.69. The second-order valence-electron chi connectivity index (χ2n) is 3.86. The third-order valence-electron chi connectivity index (χ3n) is 2.16. The second kappa shape index (κ2) is 4.13. The summed E-state index contributed by atoms with van der Waals surface area (Å²) in [5.41, 5.74) is 0. The van der Waals surface area contributed by atoms with Gasteiger partial charge in [-0.15, -0.1) is 0 Å². The molecule has 1 amide bonds. The number of carbonyl (C=O) groups excluding carboxylic acids is 1. The lowest BCUT2D eigenvalue weighted by molar-refractivity contribution is 0.215. The summed E-state index contributed by atoms with van der Waals surface area (Å²) >= 11 is 5.45. The molecular weight excluding hydrogens is 174 g/mol. The summed E-state index contributed by atoms with van der Waals surface area (Å²) in [5.74, 6) is 0.641. The van der Waals surface area contributed by atoms with E-state index in [4.69, 9.17) is 11.6 Å². The van der Waals surface area contributed by atoms with Crippen molar-refractivity contribution < 1.29 is 4.79 Å². The van der Waals surface area contributed by atoms with Crippen molar-refractivity contribution in [3.05, 3.63) is 0 Å². The lowest BCUT2D eigenvalue weighted by atomic mass is 10.1. The Kier molecular flexibility index (Phi) is 3.39. The van der Waals surface area contributed by atoms with Crippen LogP contribution in [-0.4, -0.2) is 22.9 Å². The number of amides is 1. The number of carbonyl (C=O) groups is 1. The minimum atomic E-state index is -0.279. The van der Waals surface area contributed by atoms with E-state index < -0.39 is 0 Å². The molecule has 2 nitrogen and oxygen atoms in total. The van der Waals surface area contributed by atoms with Crippen LogP contribution >= 0.6 is 11.6 Å². The summed E-state index contributed by atoms with van der Waals surface area (Å²) in [5, 5.41) is -0.279. The van der Waals surface area contributed by atoms with Crippen molar-refractivity contribution in [2.45, 2.75) is 39.2 Å². The zero-order chi connectivity index (χ0) is 9.14. The third-order valence-corrected chi connectivity index (χ3v) is 2.38. The first-order valence-electron chi connectivity index (χ1n) is 4.57. The zero-order valence-electron chi connectivity index (χ0n) is 7.72. The number of halogens is 1. The predicted molar refractivity (Wildman–Crippen MR) is 50.4 cm³/mol. The Hall–Kier alpha value is -0.240. The lowest BCUT2D eigenvalue weighted by Crippen LogP contribution is -2.30. The monoisotopic (exact) mass is 189 g/mol. The Morgan fingerprint density at radius 3 is 2.50 bits per heavy atom. The van der Waals surface area contributed by atoms with Gasteiger partial charge in [-0.1, -0.05) is 13.8 Å². The van der Waals surface area contributed by atoms with Crippen LogP contribution in [0.4, 0.5) is 4.79 Å². The van der Waals surface area contributed by atoms with Gasteiger partial charge in [0, 0.05) is 12.6 Å². The molecular formula is C9H16ClNO. The molecule has 1 aliphatic rings. The van der Waals surface area contributed by atoms with Crippen LogP contribution in [-0.2, 0) is 0 Å². The van der Waals surface area contributed by atoms with Gasteiger partial charge < -0.3 is 4.90 Å². The summed E-state index contributed by atoms with van der Waals surface area (Å²) in [6.07, 6.45) is 3.32. The normalized spacial score (nSPS) is 16.7. The molecule has 0 aliphatic heterocycles. The summed E-state index contributed by atoms with van der Waals surface area (Å²) in [6.45, 7) is 5.14. The molecule has 1 saturated carbocycles. The molecule has 0 aromatic rings. The van der Waals surface area contributed by atoms with Crippen LogP contribution < -0.4 is 0 Å². The van der Waals surface area contributed by atoms with E-state index >= 15 is 0 Å². The van der Waals surface area contributed by atoms with Gasteiger partial charge in [-0.05, 0) is 36.8 Å². The van der Waals surface area contributed by atoms with E-state index in [0.717, 1.165) is 25.8 Å². The molecule has 70 valence electrons. The van der Waals surface area contributed by atoms with Crippen LogP contribution in [0.2, 0.25) is 0 Å². The number of rotatable bonds is 4. The molecule has 0 N–H and O–H groups in total. The first-order chi connectivity index (χ1) is 5.61. The maximum atomic E-state index is 10.9. The Bertz CT molecular complexity index is 166. The minimum Gasteiger partial charge on any atom is -0.326 e. The number of hydrogen-bond acceptors (Lipinski definition) is 1. The molecule has 1 fully saturated rings. The van der Waals surface area contributed by atoms with Gasteiger partial charge >= 0.3 is 5.37 Å². The molecule has 0 atom stereocenters. The van der Waals surface area contributed by atoms with Crippen molar-refractivity contribution in [3.8, 4) is 0 Å². The average molecular weight is 190 g/mol. The Morgan fingerprint density at radius 1 is 1.58 bits per heavy atom. The second-order valence-corrected chi connectivity index (χ2v) is 4.18. The molecule has 0 saturated heterocycles. The van der Waals surface area contributed by atoms with Crippen LogP contribution in [0.3, 0.4) is 0 Å². The van der Waals surface area contributed by atoms with Gasteiger partial charge in [-0.2, -0.15) is 0 Å². The number of nitrogens with zero attached hydrogens (tertiary/aromatic N) is 1. The van der Waals surface area contributed by atoms with Crippen LogP contribution in [0.1, 0.15) is 33.1 Å². The maximum Gasteiger partial charge on any atom is 0.316 e. The molecule has 0 unspecified atom stereocenters. The van der Waals surface area contributed by atoms with Gasteiger partial charge in [0.15, 0.2) is 0 Å². The molecule has 0 aromatic heterocycles. The summed E-state index contributed by atoms with van der Waals surface area (Å²) in [6, 6.07) is 0.453. The highest BCUT2D eigenvalue weighted by Crippen LogP contribution is 2.28. The Morgan fingerprint density at radius 2 is 2.17 bits per heavy atom. The van der Waals surface area contributed by atoms with Crippen LogP contribution in [0.15, 0.2) is 0 Å². The largest absolute Gasteiger partial charge is 0.326 e.